The van der Waals surface area contributed by atoms with Gasteiger partial charge in [0.1, 0.15) is 31.0 Å². The summed E-state index contributed by atoms with van der Waals surface area (Å²) in [4.78, 5) is 70.4. The monoisotopic (exact) mass is 919 g/mol. The fourth-order valence-electron chi connectivity index (χ4n) is 8.33. The molecule has 2 fully saturated rings. The molecule has 8 atom stereocenters. The van der Waals surface area contributed by atoms with Crippen molar-refractivity contribution in [3.8, 4) is 0 Å². The van der Waals surface area contributed by atoms with Crippen molar-refractivity contribution >= 4 is 35.1 Å². The molecular formula is C53H61NO13. The number of nitrogens with zero attached hydrogens (tertiary/aromatic N) is 1. The third kappa shape index (κ3) is 13.6. The van der Waals surface area contributed by atoms with E-state index in [0.29, 0.717) is 11.1 Å². The van der Waals surface area contributed by atoms with Gasteiger partial charge in [-0.05, 0) is 54.0 Å². The molecule has 0 radical (unpaired) electrons. The highest BCUT2D eigenvalue weighted by molar-refractivity contribution is 6.25. The number of aryl methyl sites for hydroxylation is 1. The first kappa shape index (κ1) is 50.5. The van der Waals surface area contributed by atoms with E-state index in [1.807, 2.05) is 87.5 Å². The standard InChI is InChI=1S/C53H61NO13/c1-34(2)43-33-65-53(60)54(43)51(59)42(28-37-18-9-6-10-19-37)47(66-36(4)56)45(58)29-41(40-24-15-17-35(3)27-40)44(57)25-16-26-62-50-49(64-32-39-22-13-8-14-23-39)48(46(30-55)67-52(50)61-5)63-31-38-20-11-7-12-21-38/h6-15,17-24,27,29,34,42-43,46-50,52,55H,16,25-26,28,30-33H2,1-5H3. The number of esters is 1. The molecule has 4 aromatic carbocycles. The number of methoxy groups -OCH3 is 1. The van der Waals surface area contributed by atoms with Crippen molar-refractivity contribution < 1.29 is 62.2 Å². The number of carbonyl (C=O) groups excluding carboxylic acids is 5. The van der Waals surface area contributed by atoms with E-state index < -0.39 is 78.3 Å². The van der Waals surface area contributed by atoms with Crippen LogP contribution in [0.2, 0.25) is 0 Å². The van der Waals surface area contributed by atoms with Gasteiger partial charge in [-0.25, -0.2) is 9.69 Å². The minimum absolute atomic E-state index is 0.0187. The van der Waals surface area contributed by atoms with Gasteiger partial charge in [0.25, 0.3) is 0 Å². The normalized spacial score (nSPS) is 21.7. The maximum atomic E-state index is 14.6. The molecule has 2 aliphatic heterocycles. The number of hydrogen-bond donors (Lipinski definition) is 1. The maximum Gasteiger partial charge on any atom is 0.416 e. The Morgan fingerprint density at radius 2 is 1.42 bits per heavy atom. The minimum Gasteiger partial charge on any atom is -0.453 e. The molecule has 8 unspecified atom stereocenters. The smallest absolute Gasteiger partial charge is 0.416 e. The molecule has 1 N–H and O–H groups in total. The Balaban J connectivity index is 1.25. The van der Waals surface area contributed by atoms with Gasteiger partial charge in [-0.1, -0.05) is 135 Å². The van der Waals surface area contributed by atoms with E-state index in [4.69, 9.17) is 33.2 Å². The van der Waals surface area contributed by atoms with Gasteiger partial charge in [0.05, 0.1) is 31.8 Å². The molecule has 6 rings (SSSR count). The topological polar surface area (TPSA) is 173 Å². The van der Waals surface area contributed by atoms with E-state index in [1.165, 1.54) is 7.11 Å². The number of hydrogen-bond acceptors (Lipinski definition) is 13. The summed E-state index contributed by atoms with van der Waals surface area (Å²) in [6.07, 6.45) is -5.56. The second-order valence-electron chi connectivity index (χ2n) is 17.1. The number of ketones is 2. The molecule has 2 amide bonds. The molecule has 0 bridgehead atoms. The quantitative estimate of drug-likeness (QED) is 0.0458. The number of aliphatic hydroxyl groups is 1. The number of aliphatic hydroxyl groups excluding tert-OH is 1. The van der Waals surface area contributed by atoms with Gasteiger partial charge in [-0.3, -0.25) is 19.2 Å². The van der Waals surface area contributed by atoms with Gasteiger partial charge in [0.15, 0.2) is 24.0 Å². The van der Waals surface area contributed by atoms with Crippen LogP contribution in [0.25, 0.3) is 5.57 Å². The molecule has 4 aromatic rings. The molecule has 14 heteroatoms. The number of allylic oxidation sites excluding steroid dienone is 1. The molecular weight excluding hydrogens is 859 g/mol. The average Bonchev–Trinajstić information content (AvgIpc) is 3.73. The highest BCUT2D eigenvalue weighted by Gasteiger charge is 2.49. The Kier molecular flexibility index (Phi) is 18.7. The van der Waals surface area contributed by atoms with E-state index in [0.717, 1.165) is 34.6 Å². The molecule has 356 valence electrons. The minimum atomic E-state index is -1.70. The van der Waals surface area contributed by atoms with Crippen molar-refractivity contribution in [2.45, 2.75) is 103 Å². The summed E-state index contributed by atoms with van der Waals surface area (Å²) in [7, 11) is 1.47. The maximum absolute atomic E-state index is 14.6. The van der Waals surface area contributed by atoms with Crippen molar-refractivity contribution in [1.82, 2.24) is 4.90 Å². The molecule has 2 heterocycles. The summed E-state index contributed by atoms with van der Waals surface area (Å²) in [5.74, 6) is -4.30. The Labute approximate surface area is 392 Å². The highest BCUT2D eigenvalue weighted by Crippen LogP contribution is 2.32. The summed E-state index contributed by atoms with van der Waals surface area (Å²) >= 11 is 0. The van der Waals surface area contributed by atoms with Crippen molar-refractivity contribution in [3.63, 3.8) is 0 Å². The number of ether oxygens (including phenoxy) is 7. The lowest BCUT2D eigenvalue weighted by molar-refractivity contribution is -0.319. The van der Waals surface area contributed by atoms with Crippen molar-refractivity contribution in [1.29, 1.82) is 0 Å². The lowest BCUT2D eigenvalue weighted by atomic mass is 9.87. The van der Waals surface area contributed by atoms with Crippen molar-refractivity contribution in [2.75, 3.05) is 26.9 Å². The number of benzene rings is 4. The van der Waals surface area contributed by atoms with Crippen molar-refractivity contribution in [3.05, 3.63) is 149 Å². The third-order valence-electron chi connectivity index (χ3n) is 11.8. The summed E-state index contributed by atoms with van der Waals surface area (Å²) in [5.41, 5.74) is 3.78. The summed E-state index contributed by atoms with van der Waals surface area (Å²) < 4.78 is 42.3. The van der Waals surface area contributed by atoms with Gasteiger partial charge in [0, 0.05) is 32.6 Å². The molecule has 0 aliphatic carbocycles. The van der Waals surface area contributed by atoms with Crippen LogP contribution in [0.4, 0.5) is 4.79 Å². The number of carbonyl (C=O) groups is 5. The molecule has 0 saturated carbocycles. The van der Waals surface area contributed by atoms with E-state index in [9.17, 15) is 29.1 Å². The summed E-state index contributed by atoms with van der Waals surface area (Å²) in [6, 6.07) is 34.5. The summed E-state index contributed by atoms with van der Waals surface area (Å²) in [5, 5.41) is 10.5. The Morgan fingerprint density at radius 3 is 1.99 bits per heavy atom. The van der Waals surface area contributed by atoms with Gasteiger partial charge >= 0.3 is 12.1 Å². The largest absolute Gasteiger partial charge is 0.453 e. The van der Waals surface area contributed by atoms with Gasteiger partial charge < -0.3 is 38.3 Å². The Morgan fingerprint density at radius 1 is 0.806 bits per heavy atom. The number of imide groups is 1. The van der Waals surface area contributed by atoms with E-state index in [2.05, 4.69) is 0 Å². The zero-order valence-electron chi connectivity index (χ0n) is 38.7. The molecule has 2 saturated heterocycles. The van der Waals surface area contributed by atoms with E-state index in [1.54, 1.807) is 48.5 Å². The van der Waals surface area contributed by atoms with Crippen LogP contribution in [0.15, 0.2) is 121 Å². The molecule has 0 spiro atoms. The van der Waals surface area contributed by atoms with Crippen LogP contribution in [0.3, 0.4) is 0 Å². The Hall–Kier alpha value is -5.87. The van der Waals surface area contributed by atoms with Gasteiger partial charge in [-0.2, -0.15) is 0 Å². The number of cyclic esters (lactones) is 1. The lowest BCUT2D eigenvalue weighted by Gasteiger charge is -2.45. The van der Waals surface area contributed by atoms with E-state index in [-0.39, 0.29) is 63.8 Å². The summed E-state index contributed by atoms with van der Waals surface area (Å²) in [6.45, 7) is 6.74. The third-order valence-corrected chi connectivity index (χ3v) is 11.8. The van der Waals surface area contributed by atoms with Gasteiger partial charge in [0.2, 0.25) is 5.91 Å². The van der Waals surface area contributed by atoms with E-state index >= 15 is 0 Å². The van der Waals surface area contributed by atoms with Crippen LogP contribution in [0, 0.1) is 18.8 Å². The second kappa shape index (κ2) is 24.8. The first-order valence-corrected chi connectivity index (χ1v) is 22.7. The average molecular weight is 920 g/mol. The zero-order chi connectivity index (χ0) is 47.9. The first-order valence-electron chi connectivity index (χ1n) is 22.7. The van der Waals surface area contributed by atoms with Crippen LogP contribution in [0.5, 0.6) is 0 Å². The molecule has 67 heavy (non-hydrogen) atoms. The van der Waals surface area contributed by atoms with Crippen LogP contribution in [-0.4, -0.2) is 109 Å². The van der Waals surface area contributed by atoms with Gasteiger partial charge in [-0.15, -0.1) is 0 Å². The number of rotatable bonds is 23. The van der Waals surface area contributed by atoms with Crippen LogP contribution < -0.4 is 0 Å². The molecule has 14 nitrogen and oxygen atoms in total. The fraction of sp³-hybridized carbons (Fsp3) is 0.415. The van der Waals surface area contributed by atoms with Crippen molar-refractivity contribution in [2.24, 2.45) is 11.8 Å². The predicted octanol–water partition coefficient (Wildman–Crippen LogP) is 7.01. The number of amides is 2. The molecule has 2 aliphatic rings. The molecule has 0 aromatic heterocycles. The highest BCUT2D eigenvalue weighted by atomic mass is 16.7. The second-order valence-corrected chi connectivity index (χ2v) is 17.1. The van der Waals surface area contributed by atoms with Crippen LogP contribution in [0.1, 0.15) is 61.4 Å². The predicted molar refractivity (Wildman–Crippen MR) is 247 cm³/mol. The zero-order valence-corrected chi connectivity index (χ0v) is 38.7. The van der Waals surface area contributed by atoms with Crippen LogP contribution >= 0.6 is 0 Å². The Bertz CT molecular complexity index is 2290. The fourth-order valence-corrected chi connectivity index (χ4v) is 8.33. The number of Topliss-reactive ketones (excluding diaryl/α,β-unsaturated/α-hetero) is 1. The lowest BCUT2D eigenvalue weighted by Crippen LogP contribution is -2.61. The SMILES string of the molecule is COC1OC(CO)C(OCc2ccccc2)C(OCc2ccccc2)C1OCCCC(=O)C(=CC(=O)C(OC(C)=O)C(Cc1ccccc1)C(=O)N1C(=O)OCC1C(C)C)c1cccc(C)c1. The first-order chi connectivity index (χ1) is 32.4. The van der Waals surface area contributed by atoms with Crippen LogP contribution in [-0.2, 0) is 72.0 Å².